The fraction of sp³-hybridized carbons (Fsp3) is 0.385. The van der Waals surface area contributed by atoms with Gasteiger partial charge in [0, 0.05) is 43.8 Å². The summed E-state index contributed by atoms with van der Waals surface area (Å²) >= 11 is 0. The second-order valence-electron chi connectivity index (χ2n) is 4.46. The monoisotopic (exact) mass is 259 g/mol. The van der Waals surface area contributed by atoms with Gasteiger partial charge in [-0.15, -0.1) is 0 Å². The molecule has 0 saturated heterocycles. The van der Waals surface area contributed by atoms with Gasteiger partial charge in [-0.3, -0.25) is 4.79 Å². The van der Waals surface area contributed by atoms with E-state index >= 15 is 0 Å². The molecular weight excluding hydrogens is 242 g/mol. The van der Waals surface area contributed by atoms with Crippen LogP contribution >= 0.6 is 0 Å². The second-order valence-corrected chi connectivity index (χ2v) is 4.46. The molecule has 19 heavy (non-hydrogen) atoms. The highest BCUT2D eigenvalue weighted by Crippen LogP contribution is 2.10. The topological polar surface area (TPSA) is 72.7 Å². The van der Waals surface area contributed by atoms with Gasteiger partial charge in [-0.1, -0.05) is 13.8 Å². The molecule has 0 spiro atoms. The van der Waals surface area contributed by atoms with Gasteiger partial charge in [0.05, 0.1) is 0 Å². The van der Waals surface area contributed by atoms with Crippen LogP contribution in [0, 0.1) is 5.92 Å². The molecular formula is C13H17N5O. The summed E-state index contributed by atoms with van der Waals surface area (Å²) in [4.78, 5) is 24.1. The predicted octanol–water partition coefficient (Wildman–Crippen LogP) is 1.11. The lowest BCUT2D eigenvalue weighted by atomic mass is 10.2. The number of nitrogens with zero attached hydrogens (tertiary/aromatic N) is 4. The molecule has 0 radical (unpaired) electrons. The summed E-state index contributed by atoms with van der Waals surface area (Å²) in [5.74, 6) is 1.35. The second kappa shape index (κ2) is 6.08. The largest absolute Gasteiger partial charge is 0.354 e. The normalized spacial score (nSPS) is 10.7. The van der Waals surface area contributed by atoms with Crippen LogP contribution in [-0.2, 0) is 11.3 Å². The Kier molecular flexibility index (Phi) is 4.22. The van der Waals surface area contributed by atoms with E-state index in [0.717, 1.165) is 0 Å². The number of carbonyl (C=O) groups excluding carboxylic acids is 1. The van der Waals surface area contributed by atoms with Gasteiger partial charge in [-0.05, 0) is 6.07 Å². The minimum atomic E-state index is -0.000265. The Labute approximate surface area is 111 Å². The molecule has 0 aliphatic rings. The Morgan fingerprint density at radius 1 is 1.26 bits per heavy atom. The van der Waals surface area contributed by atoms with Crippen LogP contribution in [-0.4, -0.2) is 32.0 Å². The van der Waals surface area contributed by atoms with E-state index in [0.29, 0.717) is 24.7 Å². The van der Waals surface area contributed by atoms with Crippen LogP contribution in [0.4, 0.5) is 0 Å². The third-order valence-corrected chi connectivity index (χ3v) is 2.66. The zero-order valence-corrected chi connectivity index (χ0v) is 11.1. The lowest BCUT2D eigenvalue weighted by Gasteiger charge is -2.09. The summed E-state index contributed by atoms with van der Waals surface area (Å²) in [7, 11) is 0. The SMILES string of the molecule is CC(C)C(=O)NCCn1ccnc1-c1ncccn1. The number of carbonyl (C=O) groups is 1. The first-order valence-corrected chi connectivity index (χ1v) is 6.24. The maximum absolute atomic E-state index is 11.5. The van der Waals surface area contributed by atoms with Gasteiger partial charge in [0.15, 0.2) is 11.6 Å². The quantitative estimate of drug-likeness (QED) is 0.873. The van der Waals surface area contributed by atoms with Crippen molar-refractivity contribution in [2.24, 2.45) is 5.92 Å². The smallest absolute Gasteiger partial charge is 0.222 e. The van der Waals surface area contributed by atoms with Crippen molar-refractivity contribution in [1.82, 2.24) is 24.8 Å². The van der Waals surface area contributed by atoms with Crippen LogP contribution in [0.25, 0.3) is 11.6 Å². The van der Waals surface area contributed by atoms with Gasteiger partial charge in [-0.25, -0.2) is 15.0 Å². The van der Waals surface area contributed by atoms with Crippen molar-refractivity contribution >= 4 is 5.91 Å². The van der Waals surface area contributed by atoms with Gasteiger partial charge in [0.25, 0.3) is 0 Å². The molecule has 0 bridgehead atoms. The highest BCUT2D eigenvalue weighted by Gasteiger charge is 2.09. The summed E-state index contributed by atoms with van der Waals surface area (Å²) < 4.78 is 1.93. The molecule has 0 aliphatic carbocycles. The number of aromatic nitrogens is 4. The van der Waals surface area contributed by atoms with Crippen LogP contribution < -0.4 is 5.32 Å². The van der Waals surface area contributed by atoms with Gasteiger partial charge in [0.2, 0.25) is 5.91 Å². The van der Waals surface area contributed by atoms with Crippen molar-refractivity contribution in [3.63, 3.8) is 0 Å². The van der Waals surface area contributed by atoms with Crippen molar-refractivity contribution in [2.45, 2.75) is 20.4 Å². The van der Waals surface area contributed by atoms with Crippen LogP contribution in [0.15, 0.2) is 30.9 Å². The summed E-state index contributed by atoms with van der Waals surface area (Å²) in [6, 6.07) is 1.76. The molecule has 100 valence electrons. The fourth-order valence-corrected chi connectivity index (χ4v) is 1.61. The van der Waals surface area contributed by atoms with E-state index in [1.165, 1.54) is 0 Å². The van der Waals surface area contributed by atoms with E-state index in [2.05, 4.69) is 20.3 Å². The van der Waals surface area contributed by atoms with E-state index < -0.39 is 0 Å². The highest BCUT2D eigenvalue weighted by molar-refractivity contribution is 5.77. The number of hydrogen-bond donors (Lipinski definition) is 1. The maximum atomic E-state index is 11.5. The first-order chi connectivity index (χ1) is 9.18. The van der Waals surface area contributed by atoms with Gasteiger partial charge < -0.3 is 9.88 Å². The van der Waals surface area contributed by atoms with Crippen molar-refractivity contribution in [3.8, 4) is 11.6 Å². The highest BCUT2D eigenvalue weighted by atomic mass is 16.1. The number of amides is 1. The first kappa shape index (κ1) is 13.2. The van der Waals surface area contributed by atoms with Crippen LogP contribution in [0.5, 0.6) is 0 Å². The predicted molar refractivity (Wildman–Crippen MR) is 71.1 cm³/mol. The molecule has 6 heteroatoms. The summed E-state index contributed by atoms with van der Waals surface area (Å²) in [6.07, 6.45) is 6.92. The van der Waals surface area contributed by atoms with Gasteiger partial charge in [0.1, 0.15) is 0 Å². The molecule has 2 rings (SSSR count). The van der Waals surface area contributed by atoms with Crippen molar-refractivity contribution < 1.29 is 4.79 Å². The molecule has 2 aromatic rings. The third-order valence-electron chi connectivity index (χ3n) is 2.66. The molecule has 0 atom stereocenters. The first-order valence-electron chi connectivity index (χ1n) is 6.24. The molecule has 0 saturated carbocycles. The molecule has 0 unspecified atom stereocenters. The van der Waals surface area contributed by atoms with Crippen molar-refractivity contribution in [1.29, 1.82) is 0 Å². The molecule has 0 fully saturated rings. The van der Waals surface area contributed by atoms with E-state index in [-0.39, 0.29) is 11.8 Å². The van der Waals surface area contributed by atoms with Crippen molar-refractivity contribution in [3.05, 3.63) is 30.9 Å². The Balaban J connectivity index is 1.99. The Hall–Kier alpha value is -2.24. The maximum Gasteiger partial charge on any atom is 0.222 e. The summed E-state index contributed by atoms with van der Waals surface area (Å²) in [5, 5.41) is 2.87. The van der Waals surface area contributed by atoms with E-state index in [9.17, 15) is 4.79 Å². The number of rotatable bonds is 5. The summed E-state index contributed by atoms with van der Waals surface area (Å²) in [6.45, 7) is 4.95. The Morgan fingerprint density at radius 2 is 2.00 bits per heavy atom. The molecule has 2 heterocycles. The molecule has 0 aliphatic heterocycles. The standard InChI is InChI=1S/C13H17N5O/c1-10(2)13(19)17-7-9-18-8-6-16-12(18)11-14-4-3-5-15-11/h3-6,8,10H,7,9H2,1-2H3,(H,17,19). The third kappa shape index (κ3) is 3.37. The lowest BCUT2D eigenvalue weighted by molar-refractivity contribution is -0.123. The zero-order valence-electron chi connectivity index (χ0n) is 11.1. The lowest BCUT2D eigenvalue weighted by Crippen LogP contribution is -2.30. The van der Waals surface area contributed by atoms with Crippen LogP contribution in [0.2, 0.25) is 0 Å². The van der Waals surface area contributed by atoms with E-state index in [4.69, 9.17) is 0 Å². The average molecular weight is 259 g/mol. The minimum Gasteiger partial charge on any atom is -0.354 e. The molecule has 6 nitrogen and oxygen atoms in total. The average Bonchev–Trinajstić information content (AvgIpc) is 2.88. The zero-order chi connectivity index (χ0) is 13.7. The van der Waals surface area contributed by atoms with E-state index in [1.54, 1.807) is 24.7 Å². The number of hydrogen-bond acceptors (Lipinski definition) is 4. The van der Waals surface area contributed by atoms with Gasteiger partial charge >= 0.3 is 0 Å². The summed E-state index contributed by atoms with van der Waals surface area (Å²) in [5.41, 5.74) is 0. The van der Waals surface area contributed by atoms with Gasteiger partial charge in [-0.2, -0.15) is 0 Å². The molecule has 1 amide bonds. The van der Waals surface area contributed by atoms with E-state index in [1.807, 2.05) is 24.6 Å². The Morgan fingerprint density at radius 3 is 2.68 bits per heavy atom. The van der Waals surface area contributed by atoms with Crippen LogP contribution in [0.1, 0.15) is 13.8 Å². The minimum absolute atomic E-state index is 0.000265. The number of imidazole rings is 1. The fourth-order valence-electron chi connectivity index (χ4n) is 1.61. The molecule has 0 aromatic carbocycles. The molecule has 2 aromatic heterocycles. The van der Waals surface area contributed by atoms with Crippen molar-refractivity contribution in [2.75, 3.05) is 6.54 Å². The van der Waals surface area contributed by atoms with Crippen LogP contribution in [0.3, 0.4) is 0 Å². The molecule has 1 N–H and O–H groups in total. The Bertz CT molecular complexity index is 535. The number of nitrogens with one attached hydrogen (secondary N) is 1.